The van der Waals surface area contributed by atoms with Crippen LogP contribution in [0.3, 0.4) is 0 Å². The van der Waals surface area contributed by atoms with Gasteiger partial charge in [0.2, 0.25) is 11.8 Å². The molecule has 0 saturated heterocycles. The van der Waals surface area contributed by atoms with E-state index in [1.54, 1.807) is 13.1 Å². The highest BCUT2D eigenvalue weighted by molar-refractivity contribution is 6.31. The van der Waals surface area contributed by atoms with Crippen molar-refractivity contribution in [1.29, 1.82) is 0 Å². The van der Waals surface area contributed by atoms with E-state index in [4.69, 9.17) is 11.6 Å². The smallest absolute Gasteiger partial charge is 0.222 e. The summed E-state index contributed by atoms with van der Waals surface area (Å²) in [4.78, 5) is 27.7. The average molecular weight is 371 g/mol. The van der Waals surface area contributed by atoms with Gasteiger partial charge < -0.3 is 9.80 Å². The topological polar surface area (TPSA) is 40.6 Å². The Morgan fingerprint density at radius 3 is 2.24 bits per heavy atom. The monoisotopic (exact) mass is 370 g/mol. The van der Waals surface area contributed by atoms with Crippen LogP contribution >= 0.6 is 11.6 Å². The van der Waals surface area contributed by atoms with Crippen molar-refractivity contribution < 1.29 is 14.0 Å². The minimum atomic E-state index is -0.419. The Kier molecular flexibility index (Phi) is 9.50. The summed E-state index contributed by atoms with van der Waals surface area (Å²) in [6.07, 6.45) is 2.98. The van der Waals surface area contributed by atoms with E-state index < -0.39 is 5.82 Å². The molecule has 0 atom stereocenters. The van der Waals surface area contributed by atoms with Crippen LogP contribution in [0.25, 0.3) is 0 Å². The molecule has 0 aromatic heterocycles. The number of benzene rings is 1. The van der Waals surface area contributed by atoms with Crippen molar-refractivity contribution in [1.82, 2.24) is 9.80 Å². The molecule has 0 aliphatic heterocycles. The second kappa shape index (κ2) is 11.1. The van der Waals surface area contributed by atoms with E-state index >= 15 is 0 Å². The molecule has 0 N–H and O–H groups in total. The van der Waals surface area contributed by atoms with Crippen molar-refractivity contribution in [3.8, 4) is 0 Å². The summed E-state index contributed by atoms with van der Waals surface area (Å²) in [6, 6.07) is 4.47. The number of rotatable bonds is 10. The van der Waals surface area contributed by atoms with E-state index in [1.807, 2.05) is 18.7 Å². The van der Waals surface area contributed by atoms with Crippen LogP contribution in [-0.4, -0.2) is 41.8 Å². The van der Waals surface area contributed by atoms with E-state index in [1.165, 1.54) is 17.0 Å². The van der Waals surface area contributed by atoms with Crippen molar-refractivity contribution in [3.63, 3.8) is 0 Å². The van der Waals surface area contributed by atoms with Gasteiger partial charge in [0.1, 0.15) is 5.82 Å². The summed E-state index contributed by atoms with van der Waals surface area (Å²) >= 11 is 5.99. The van der Waals surface area contributed by atoms with Gasteiger partial charge in [0.25, 0.3) is 0 Å². The van der Waals surface area contributed by atoms with Gasteiger partial charge in [-0.25, -0.2) is 4.39 Å². The summed E-state index contributed by atoms with van der Waals surface area (Å²) in [5.41, 5.74) is 0.313. The minimum absolute atomic E-state index is 0.0938. The molecule has 1 aromatic carbocycles. The summed E-state index contributed by atoms with van der Waals surface area (Å²) < 4.78 is 13.8. The van der Waals surface area contributed by atoms with Crippen molar-refractivity contribution in [2.24, 2.45) is 0 Å². The van der Waals surface area contributed by atoms with E-state index in [2.05, 4.69) is 0 Å². The first-order valence-electron chi connectivity index (χ1n) is 8.85. The molecule has 0 saturated carbocycles. The van der Waals surface area contributed by atoms with Crippen molar-refractivity contribution in [3.05, 3.63) is 34.6 Å². The van der Waals surface area contributed by atoms with E-state index in [0.29, 0.717) is 23.4 Å². The summed E-state index contributed by atoms with van der Waals surface area (Å²) in [7, 11) is 1.62. The third-order valence-corrected chi connectivity index (χ3v) is 4.36. The molecule has 140 valence electrons. The maximum Gasteiger partial charge on any atom is 0.222 e. The van der Waals surface area contributed by atoms with Crippen LogP contribution in [0, 0.1) is 5.82 Å². The van der Waals surface area contributed by atoms with Crippen molar-refractivity contribution in [2.75, 3.05) is 20.1 Å². The molecule has 2 amide bonds. The number of hydrogen-bond donors (Lipinski definition) is 0. The SMILES string of the molecule is CCCN(CCC)C(=O)CCCC(=O)N(C)Cc1c(F)cccc1Cl. The Labute approximate surface area is 154 Å². The minimum Gasteiger partial charge on any atom is -0.343 e. The van der Waals surface area contributed by atoms with Crippen LogP contribution in [-0.2, 0) is 16.1 Å². The van der Waals surface area contributed by atoms with Gasteiger partial charge in [-0.05, 0) is 31.4 Å². The Bertz CT molecular complexity index is 554. The molecule has 6 heteroatoms. The van der Waals surface area contributed by atoms with Crippen LogP contribution in [0.2, 0.25) is 5.02 Å². The second-order valence-corrected chi connectivity index (χ2v) is 6.59. The highest BCUT2D eigenvalue weighted by Crippen LogP contribution is 2.20. The largest absolute Gasteiger partial charge is 0.343 e. The van der Waals surface area contributed by atoms with Crippen LogP contribution in [0.4, 0.5) is 4.39 Å². The molecule has 0 aliphatic carbocycles. The number of amides is 2. The van der Waals surface area contributed by atoms with E-state index in [0.717, 1.165) is 25.9 Å². The molecule has 0 unspecified atom stereocenters. The third kappa shape index (κ3) is 7.02. The molecule has 25 heavy (non-hydrogen) atoms. The normalized spacial score (nSPS) is 10.6. The molecule has 0 bridgehead atoms. The summed E-state index contributed by atoms with van der Waals surface area (Å²) in [5.74, 6) is -0.446. The maximum atomic E-state index is 13.8. The highest BCUT2D eigenvalue weighted by Gasteiger charge is 2.16. The zero-order valence-electron chi connectivity index (χ0n) is 15.4. The van der Waals surface area contributed by atoms with Gasteiger partial charge in [-0.15, -0.1) is 0 Å². The Balaban J connectivity index is 2.47. The fraction of sp³-hybridized carbons (Fsp3) is 0.579. The predicted molar refractivity (Wildman–Crippen MR) is 98.9 cm³/mol. The lowest BCUT2D eigenvalue weighted by Crippen LogP contribution is -2.32. The van der Waals surface area contributed by atoms with E-state index in [-0.39, 0.29) is 24.8 Å². The molecular formula is C19H28ClFN2O2. The molecule has 1 aromatic rings. The van der Waals surface area contributed by atoms with Crippen LogP contribution < -0.4 is 0 Å². The molecule has 0 heterocycles. The highest BCUT2D eigenvalue weighted by atomic mass is 35.5. The van der Waals surface area contributed by atoms with Gasteiger partial charge in [0, 0.05) is 50.1 Å². The summed E-state index contributed by atoms with van der Waals surface area (Å²) in [6.45, 7) is 5.72. The molecular weight excluding hydrogens is 343 g/mol. The number of carbonyl (C=O) groups is 2. The lowest BCUT2D eigenvalue weighted by molar-refractivity contribution is -0.132. The first-order chi connectivity index (χ1) is 11.9. The number of nitrogens with zero attached hydrogens (tertiary/aromatic N) is 2. The first kappa shape index (κ1) is 21.4. The van der Waals surface area contributed by atoms with Crippen LogP contribution in [0.15, 0.2) is 18.2 Å². The zero-order chi connectivity index (χ0) is 18.8. The molecule has 0 fully saturated rings. The fourth-order valence-electron chi connectivity index (χ4n) is 2.65. The Morgan fingerprint density at radius 1 is 1.08 bits per heavy atom. The van der Waals surface area contributed by atoms with Crippen LogP contribution in [0.5, 0.6) is 0 Å². The van der Waals surface area contributed by atoms with Crippen molar-refractivity contribution in [2.45, 2.75) is 52.5 Å². The third-order valence-electron chi connectivity index (χ3n) is 4.00. The number of hydrogen-bond acceptors (Lipinski definition) is 2. The summed E-state index contributed by atoms with van der Waals surface area (Å²) in [5, 5.41) is 0.310. The van der Waals surface area contributed by atoms with Crippen LogP contribution in [0.1, 0.15) is 51.5 Å². The van der Waals surface area contributed by atoms with Gasteiger partial charge in [-0.2, -0.15) is 0 Å². The van der Waals surface area contributed by atoms with Gasteiger partial charge >= 0.3 is 0 Å². The lowest BCUT2D eigenvalue weighted by atomic mass is 10.1. The Morgan fingerprint density at radius 2 is 1.68 bits per heavy atom. The average Bonchev–Trinajstić information content (AvgIpc) is 2.57. The molecule has 4 nitrogen and oxygen atoms in total. The molecule has 0 aliphatic rings. The van der Waals surface area contributed by atoms with Gasteiger partial charge in [0.05, 0.1) is 0 Å². The zero-order valence-corrected chi connectivity index (χ0v) is 16.1. The quantitative estimate of drug-likeness (QED) is 0.617. The predicted octanol–water partition coefficient (Wildman–Crippen LogP) is 4.26. The number of halogens is 2. The number of carbonyl (C=O) groups excluding carboxylic acids is 2. The van der Waals surface area contributed by atoms with Gasteiger partial charge in [-0.1, -0.05) is 31.5 Å². The fourth-order valence-corrected chi connectivity index (χ4v) is 2.87. The van der Waals surface area contributed by atoms with Gasteiger partial charge in [0.15, 0.2) is 0 Å². The van der Waals surface area contributed by atoms with Crippen molar-refractivity contribution >= 4 is 23.4 Å². The van der Waals surface area contributed by atoms with Gasteiger partial charge in [-0.3, -0.25) is 9.59 Å². The molecule has 0 radical (unpaired) electrons. The second-order valence-electron chi connectivity index (χ2n) is 6.18. The Hall–Kier alpha value is -1.62. The van der Waals surface area contributed by atoms with E-state index in [9.17, 15) is 14.0 Å². The molecule has 0 spiro atoms. The standard InChI is InChI=1S/C19H28ClFN2O2/c1-4-12-23(13-5-2)19(25)11-7-10-18(24)22(3)14-15-16(20)8-6-9-17(15)21/h6,8-9H,4-5,7,10-14H2,1-3H3. The molecule has 1 rings (SSSR count). The maximum absolute atomic E-state index is 13.8. The lowest BCUT2D eigenvalue weighted by Gasteiger charge is -2.22. The first-order valence-corrected chi connectivity index (χ1v) is 9.23.